The number of rotatable bonds is 7. The maximum atomic E-state index is 12.5. The van der Waals surface area contributed by atoms with Crippen LogP contribution >= 0.6 is 23.2 Å². The van der Waals surface area contributed by atoms with Crippen molar-refractivity contribution < 1.29 is 22.7 Å². The fraction of sp³-hybridized carbons (Fsp3) is 0.235. The number of amides is 1. The lowest BCUT2D eigenvalue weighted by molar-refractivity contribution is -0.114. The summed E-state index contributed by atoms with van der Waals surface area (Å²) in [6.07, 6.45) is 1.01. The Balaban J connectivity index is 2.28. The molecule has 0 aliphatic carbocycles. The first-order chi connectivity index (χ1) is 12.7. The number of carbonyl (C=O) groups excluding carboxylic acids is 1. The van der Waals surface area contributed by atoms with Crippen LogP contribution in [-0.2, 0) is 14.8 Å². The zero-order valence-electron chi connectivity index (χ0n) is 14.8. The van der Waals surface area contributed by atoms with Crippen LogP contribution in [0.4, 0.5) is 11.4 Å². The van der Waals surface area contributed by atoms with Gasteiger partial charge in [0, 0.05) is 17.2 Å². The molecule has 0 aliphatic heterocycles. The smallest absolute Gasteiger partial charge is 0.245 e. The van der Waals surface area contributed by atoms with Crippen molar-refractivity contribution in [2.45, 2.75) is 0 Å². The zero-order valence-corrected chi connectivity index (χ0v) is 17.2. The van der Waals surface area contributed by atoms with Gasteiger partial charge in [-0.25, -0.2) is 8.42 Å². The van der Waals surface area contributed by atoms with Gasteiger partial charge in [0.1, 0.15) is 18.0 Å². The maximum Gasteiger partial charge on any atom is 0.245 e. The number of ether oxygens (including phenoxy) is 2. The van der Waals surface area contributed by atoms with Crippen molar-refractivity contribution in [1.82, 2.24) is 0 Å². The highest BCUT2D eigenvalue weighted by Crippen LogP contribution is 2.35. The van der Waals surface area contributed by atoms with Crippen molar-refractivity contribution in [3.05, 3.63) is 46.4 Å². The van der Waals surface area contributed by atoms with E-state index in [-0.39, 0.29) is 0 Å². The summed E-state index contributed by atoms with van der Waals surface area (Å²) in [7, 11) is -0.844. The predicted molar refractivity (Wildman–Crippen MR) is 107 cm³/mol. The number of methoxy groups -OCH3 is 2. The minimum atomic E-state index is -3.70. The fourth-order valence-electron chi connectivity index (χ4n) is 2.29. The first-order valence-corrected chi connectivity index (χ1v) is 10.2. The van der Waals surface area contributed by atoms with Crippen molar-refractivity contribution in [3.63, 3.8) is 0 Å². The molecular formula is C17H18Cl2N2O5S. The molecule has 0 atom stereocenters. The van der Waals surface area contributed by atoms with Gasteiger partial charge in [-0.2, -0.15) is 0 Å². The second kappa shape index (κ2) is 8.69. The van der Waals surface area contributed by atoms with Crippen LogP contribution in [0.15, 0.2) is 36.4 Å². The third kappa shape index (κ3) is 5.41. The molecule has 27 heavy (non-hydrogen) atoms. The Hall–Kier alpha value is -2.16. The summed E-state index contributed by atoms with van der Waals surface area (Å²) >= 11 is 11.9. The van der Waals surface area contributed by atoms with Crippen LogP contribution < -0.4 is 19.1 Å². The number of hydrogen-bond donors (Lipinski definition) is 1. The molecule has 0 aromatic heterocycles. The van der Waals surface area contributed by atoms with E-state index in [1.54, 1.807) is 12.1 Å². The number of nitrogens with one attached hydrogen (secondary N) is 1. The molecule has 2 rings (SSSR count). The molecule has 1 N–H and O–H groups in total. The first-order valence-electron chi connectivity index (χ1n) is 7.60. The molecule has 0 saturated carbocycles. The number of sulfonamides is 1. The summed E-state index contributed by atoms with van der Waals surface area (Å²) in [6, 6.07) is 9.10. The number of halogens is 2. The Morgan fingerprint density at radius 3 is 2.19 bits per heavy atom. The standard InChI is InChI=1S/C17H18Cl2N2O5S/c1-25-15-9-14(16(26-2)8-13(15)19)20-17(22)10-21(27(3,23)24)12-6-4-11(18)5-7-12/h4-9H,10H2,1-3H3,(H,20,22). The Morgan fingerprint density at radius 2 is 1.67 bits per heavy atom. The van der Waals surface area contributed by atoms with E-state index in [0.29, 0.717) is 32.9 Å². The summed E-state index contributed by atoms with van der Waals surface area (Å²) in [4.78, 5) is 12.5. The van der Waals surface area contributed by atoms with Crippen LogP contribution in [0.3, 0.4) is 0 Å². The quantitative estimate of drug-likeness (QED) is 0.724. The molecule has 146 valence electrons. The monoisotopic (exact) mass is 432 g/mol. The van der Waals surface area contributed by atoms with Crippen molar-refractivity contribution in [1.29, 1.82) is 0 Å². The van der Waals surface area contributed by atoms with Gasteiger partial charge in [-0.15, -0.1) is 0 Å². The normalized spacial score (nSPS) is 11.0. The van der Waals surface area contributed by atoms with Gasteiger partial charge in [0.25, 0.3) is 0 Å². The van der Waals surface area contributed by atoms with Crippen molar-refractivity contribution in [2.75, 3.05) is 36.6 Å². The zero-order chi connectivity index (χ0) is 20.2. The van der Waals surface area contributed by atoms with Crippen LogP contribution in [0.1, 0.15) is 0 Å². The van der Waals surface area contributed by atoms with E-state index >= 15 is 0 Å². The van der Waals surface area contributed by atoms with Gasteiger partial charge < -0.3 is 14.8 Å². The molecule has 7 nitrogen and oxygen atoms in total. The van der Waals surface area contributed by atoms with Crippen LogP contribution in [0.2, 0.25) is 10.0 Å². The van der Waals surface area contributed by atoms with E-state index in [9.17, 15) is 13.2 Å². The van der Waals surface area contributed by atoms with Crippen molar-refractivity contribution >= 4 is 50.5 Å². The summed E-state index contributed by atoms with van der Waals surface area (Å²) in [5, 5.41) is 3.38. The minimum Gasteiger partial charge on any atom is -0.495 e. The third-order valence-corrected chi connectivity index (χ3v) is 5.24. The second-order valence-electron chi connectivity index (χ2n) is 5.48. The van der Waals surface area contributed by atoms with Crippen LogP contribution in [0, 0.1) is 0 Å². The average Bonchev–Trinajstić information content (AvgIpc) is 2.60. The summed E-state index contributed by atoms with van der Waals surface area (Å²) in [5.74, 6) is 0.0787. The Labute approximate surface area is 167 Å². The predicted octanol–water partition coefficient (Wildman–Crippen LogP) is 3.42. The van der Waals surface area contributed by atoms with E-state index in [2.05, 4.69) is 5.32 Å². The van der Waals surface area contributed by atoms with Crippen molar-refractivity contribution in [3.8, 4) is 11.5 Å². The lowest BCUT2D eigenvalue weighted by Crippen LogP contribution is -2.37. The number of carbonyl (C=O) groups is 1. The molecule has 0 aliphatic rings. The van der Waals surface area contributed by atoms with Gasteiger partial charge >= 0.3 is 0 Å². The van der Waals surface area contributed by atoms with E-state index < -0.39 is 22.5 Å². The van der Waals surface area contributed by atoms with Crippen molar-refractivity contribution in [2.24, 2.45) is 0 Å². The molecule has 0 radical (unpaired) electrons. The van der Waals surface area contributed by atoms with Gasteiger partial charge in [0.2, 0.25) is 15.9 Å². The lowest BCUT2D eigenvalue weighted by atomic mass is 10.2. The number of nitrogens with zero attached hydrogens (tertiary/aromatic N) is 1. The van der Waals surface area contributed by atoms with Gasteiger partial charge in [-0.3, -0.25) is 9.10 Å². The summed E-state index contributed by atoms with van der Waals surface area (Å²) in [5.41, 5.74) is 0.617. The minimum absolute atomic E-state index is 0.299. The van der Waals surface area contributed by atoms with Crippen LogP contribution in [0.5, 0.6) is 11.5 Å². The highest BCUT2D eigenvalue weighted by molar-refractivity contribution is 7.92. The van der Waals surface area contributed by atoms with E-state index in [4.69, 9.17) is 32.7 Å². The molecule has 0 saturated heterocycles. The summed E-state index contributed by atoms with van der Waals surface area (Å²) in [6.45, 7) is -0.436. The number of hydrogen-bond acceptors (Lipinski definition) is 5. The Morgan fingerprint density at radius 1 is 1.07 bits per heavy atom. The largest absolute Gasteiger partial charge is 0.495 e. The van der Waals surface area contributed by atoms with E-state index in [1.165, 1.54) is 38.5 Å². The Bertz CT molecular complexity index is 933. The maximum absolute atomic E-state index is 12.5. The molecule has 0 bridgehead atoms. The SMILES string of the molecule is COc1cc(NC(=O)CN(c2ccc(Cl)cc2)S(C)(=O)=O)c(OC)cc1Cl. The lowest BCUT2D eigenvalue weighted by Gasteiger charge is -2.22. The second-order valence-corrected chi connectivity index (χ2v) is 8.23. The van der Waals surface area contributed by atoms with E-state index in [1.807, 2.05) is 0 Å². The Kier molecular flexibility index (Phi) is 6.80. The molecule has 2 aromatic carbocycles. The molecule has 0 unspecified atom stereocenters. The molecule has 2 aromatic rings. The number of benzene rings is 2. The number of anilines is 2. The third-order valence-electron chi connectivity index (χ3n) is 3.55. The molecule has 0 spiro atoms. The molecule has 1 amide bonds. The van der Waals surface area contributed by atoms with Crippen LogP contribution in [0.25, 0.3) is 0 Å². The van der Waals surface area contributed by atoms with Crippen LogP contribution in [-0.4, -0.2) is 41.3 Å². The molecule has 0 fully saturated rings. The highest BCUT2D eigenvalue weighted by Gasteiger charge is 2.22. The molecular weight excluding hydrogens is 415 g/mol. The van der Waals surface area contributed by atoms with Gasteiger partial charge in [-0.1, -0.05) is 23.2 Å². The fourth-order valence-corrected chi connectivity index (χ4v) is 3.50. The topological polar surface area (TPSA) is 84.9 Å². The van der Waals surface area contributed by atoms with Gasteiger partial charge in [0.05, 0.1) is 36.9 Å². The first kappa shape index (κ1) is 21.1. The van der Waals surface area contributed by atoms with E-state index in [0.717, 1.165) is 10.6 Å². The molecule has 0 heterocycles. The summed E-state index contributed by atoms with van der Waals surface area (Å²) < 4.78 is 35.5. The van der Waals surface area contributed by atoms with Gasteiger partial charge in [-0.05, 0) is 24.3 Å². The highest BCUT2D eigenvalue weighted by atomic mass is 35.5. The van der Waals surface area contributed by atoms with Gasteiger partial charge in [0.15, 0.2) is 0 Å². The average molecular weight is 433 g/mol. The molecule has 10 heteroatoms.